The van der Waals surface area contributed by atoms with E-state index in [4.69, 9.17) is 0 Å². The van der Waals surface area contributed by atoms with E-state index in [1.807, 2.05) is 38.4 Å². The minimum Gasteiger partial charge on any atom is -0.328 e. The topological polar surface area (TPSA) is 58.4 Å². The number of aromatic nitrogens is 2. The quantitative estimate of drug-likeness (QED) is 0.790. The van der Waals surface area contributed by atoms with Gasteiger partial charge >= 0.3 is 6.03 Å². The standard InChI is InChI=1S/C18H20N4O2.ClH/c1-12(2)22-17(23)15-8-14-16(10-21(15)18(22)24)20(11-19-14)9-13-6-4-3-5-7-13;/h3-7,11-12,15H,8-10H2,1-2H3;1H. The van der Waals surface area contributed by atoms with E-state index >= 15 is 0 Å². The summed E-state index contributed by atoms with van der Waals surface area (Å²) in [6, 6.07) is 9.47. The molecule has 1 unspecified atom stereocenters. The van der Waals surface area contributed by atoms with Crippen molar-refractivity contribution in [1.29, 1.82) is 0 Å². The second-order valence-corrected chi connectivity index (χ2v) is 6.68. The summed E-state index contributed by atoms with van der Waals surface area (Å²) in [7, 11) is 0. The van der Waals surface area contributed by atoms with Crippen molar-refractivity contribution in [2.45, 2.75) is 45.4 Å². The zero-order chi connectivity index (χ0) is 16.8. The maximum atomic E-state index is 12.6. The Morgan fingerprint density at radius 1 is 1.20 bits per heavy atom. The lowest BCUT2D eigenvalue weighted by molar-refractivity contribution is -0.129. The van der Waals surface area contributed by atoms with Crippen LogP contribution in [0.5, 0.6) is 0 Å². The van der Waals surface area contributed by atoms with Crippen molar-refractivity contribution in [2.24, 2.45) is 0 Å². The van der Waals surface area contributed by atoms with Gasteiger partial charge in [0.2, 0.25) is 0 Å². The minimum atomic E-state index is -0.396. The molecular formula is C18H21ClN4O2. The predicted octanol–water partition coefficient (Wildman–Crippen LogP) is 2.45. The summed E-state index contributed by atoms with van der Waals surface area (Å²) in [6.45, 7) is 4.91. The number of hydrogen-bond acceptors (Lipinski definition) is 3. The molecule has 0 N–H and O–H groups in total. The number of urea groups is 1. The monoisotopic (exact) mass is 360 g/mol. The average Bonchev–Trinajstić information content (AvgIpc) is 3.06. The van der Waals surface area contributed by atoms with Gasteiger partial charge in [0.25, 0.3) is 5.91 Å². The zero-order valence-corrected chi connectivity index (χ0v) is 15.1. The summed E-state index contributed by atoms with van der Waals surface area (Å²) in [5, 5.41) is 0. The van der Waals surface area contributed by atoms with E-state index in [-0.39, 0.29) is 30.4 Å². The first-order chi connectivity index (χ1) is 11.6. The van der Waals surface area contributed by atoms with Gasteiger partial charge in [-0.2, -0.15) is 0 Å². The molecule has 2 aromatic rings. The molecule has 0 radical (unpaired) electrons. The first-order valence-electron chi connectivity index (χ1n) is 8.26. The number of imide groups is 1. The molecular weight excluding hydrogens is 340 g/mol. The third-order valence-electron chi connectivity index (χ3n) is 4.80. The highest BCUT2D eigenvalue weighted by atomic mass is 35.5. The second kappa shape index (κ2) is 6.52. The van der Waals surface area contributed by atoms with Gasteiger partial charge in [0.1, 0.15) is 6.04 Å². The molecule has 0 saturated carbocycles. The van der Waals surface area contributed by atoms with Gasteiger partial charge in [-0.1, -0.05) is 30.3 Å². The van der Waals surface area contributed by atoms with Gasteiger partial charge in [0, 0.05) is 19.0 Å². The highest BCUT2D eigenvalue weighted by Gasteiger charge is 2.49. The van der Waals surface area contributed by atoms with Crippen LogP contribution in [0.4, 0.5) is 4.79 Å². The molecule has 132 valence electrons. The molecule has 25 heavy (non-hydrogen) atoms. The molecule has 7 heteroatoms. The van der Waals surface area contributed by atoms with Crippen molar-refractivity contribution in [3.8, 4) is 0 Å². The molecule has 1 atom stereocenters. The van der Waals surface area contributed by atoms with Crippen LogP contribution >= 0.6 is 12.4 Å². The van der Waals surface area contributed by atoms with E-state index in [0.29, 0.717) is 13.0 Å². The average molecular weight is 361 g/mol. The Kier molecular flexibility index (Phi) is 4.56. The number of benzene rings is 1. The van der Waals surface area contributed by atoms with Gasteiger partial charge < -0.3 is 9.47 Å². The predicted molar refractivity (Wildman–Crippen MR) is 95.4 cm³/mol. The third-order valence-corrected chi connectivity index (χ3v) is 4.80. The van der Waals surface area contributed by atoms with Crippen molar-refractivity contribution >= 4 is 24.3 Å². The Bertz CT molecular complexity index is 803. The fourth-order valence-electron chi connectivity index (χ4n) is 3.57. The largest absolute Gasteiger partial charge is 0.328 e. The van der Waals surface area contributed by atoms with Crippen molar-refractivity contribution in [3.63, 3.8) is 0 Å². The van der Waals surface area contributed by atoms with Crippen LogP contribution in [-0.2, 0) is 24.3 Å². The SMILES string of the molecule is CC(C)N1C(=O)C2Cc3ncn(Cc4ccccc4)c3CN2C1=O.Cl. The molecule has 1 fully saturated rings. The lowest BCUT2D eigenvalue weighted by atomic mass is 10.0. The van der Waals surface area contributed by atoms with Crippen LogP contribution in [0.1, 0.15) is 30.8 Å². The molecule has 6 nitrogen and oxygen atoms in total. The summed E-state index contributed by atoms with van der Waals surface area (Å²) in [5.41, 5.74) is 3.15. The van der Waals surface area contributed by atoms with E-state index in [0.717, 1.165) is 17.9 Å². The van der Waals surface area contributed by atoms with Crippen molar-refractivity contribution < 1.29 is 9.59 Å². The van der Waals surface area contributed by atoms with Crippen LogP contribution in [0.15, 0.2) is 36.7 Å². The first kappa shape index (κ1) is 17.5. The van der Waals surface area contributed by atoms with Crippen molar-refractivity contribution in [2.75, 3.05) is 0 Å². The smallest absolute Gasteiger partial charge is 0.328 e. The Morgan fingerprint density at radius 2 is 1.92 bits per heavy atom. The van der Waals surface area contributed by atoms with E-state index in [2.05, 4.69) is 21.7 Å². The third kappa shape index (κ3) is 2.80. The summed E-state index contributed by atoms with van der Waals surface area (Å²) in [4.78, 5) is 32.7. The van der Waals surface area contributed by atoms with Crippen LogP contribution in [0.3, 0.4) is 0 Å². The molecule has 0 spiro atoms. The number of rotatable bonds is 3. The van der Waals surface area contributed by atoms with E-state index in [1.165, 1.54) is 10.5 Å². The molecule has 4 rings (SSSR count). The molecule has 1 saturated heterocycles. The second-order valence-electron chi connectivity index (χ2n) is 6.68. The highest BCUT2D eigenvalue weighted by molar-refractivity contribution is 6.04. The fourth-order valence-corrected chi connectivity index (χ4v) is 3.57. The normalized spacial score (nSPS) is 19.1. The molecule has 2 aliphatic heterocycles. The van der Waals surface area contributed by atoms with Gasteiger partial charge in [-0.15, -0.1) is 12.4 Å². The van der Waals surface area contributed by atoms with Gasteiger partial charge in [-0.25, -0.2) is 9.78 Å². The van der Waals surface area contributed by atoms with Gasteiger partial charge in [0.05, 0.1) is 24.3 Å². The molecule has 1 aromatic carbocycles. The lowest BCUT2D eigenvalue weighted by Crippen LogP contribution is -2.40. The summed E-state index contributed by atoms with van der Waals surface area (Å²) in [5.74, 6) is -0.0988. The zero-order valence-electron chi connectivity index (χ0n) is 14.3. The summed E-state index contributed by atoms with van der Waals surface area (Å²) in [6.07, 6.45) is 2.32. The van der Waals surface area contributed by atoms with Crippen molar-refractivity contribution in [3.05, 3.63) is 53.6 Å². The number of halogens is 1. The molecule has 0 aliphatic carbocycles. The Morgan fingerprint density at radius 3 is 2.60 bits per heavy atom. The summed E-state index contributed by atoms with van der Waals surface area (Å²) >= 11 is 0. The van der Waals surface area contributed by atoms with Crippen LogP contribution in [-0.4, -0.2) is 43.4 Å². The van der Waals surface area contributed by atoms with Crippen LogP contribution < -0.4 is 0 Å². The lowest BCUT2D eigenvalue weighted by Gasteiger charge is -2.27. The molecule has 3 amide bonds. The van der Waals surface area contributed by atoms with Crippen LogP contribution in [0.25, 0.3) is 0 Å². The molecule has 1 aromatic heterocycles. The van der Waals surface area contributed by atoms with Gasteiger partial charge in [-0.05, 0) is 19.4 Å². The first-order valence-corrected chi connectivity index (χ1v) is 8.26. The van der Waals surface area contributed by atoms with Crippen LogP contribution in [0.2, 0.25) is 0 Å². The number of imidazole rings is 1. The van der Waals surface area contributed by atoms with E-state index in [1.54, 1.807) is 4.90 Å². The molecule has 0 bridgehead atoms. The molecule has 2 aliphatic rings. The number of carbonyl (C=O) groups excluding carboxylic acids is 2. The van der Waals surface area contributed by atoms with E-state index in [9.17, 15) is 9.59 Å². The Balaban J connectivity index is 0.00000182. The minimum absolute atomic E-state index is 0. The maximum Gasteiger partial charge on any atom is 0.328 e. The number of carbonyl (C=O) groups is 2. The number of fused-ring (bicyclic) bond motifs is 2. The van der Waals surface area contributed by atoms with Gasteiger partial charge in [-0.3, -0.25) is 9.69 Å². The fraction of sp³-hybridized carbons (Fsp3) is 0.389. The molecule has 3 heterocycles. The summed E-state index contributed by atoms with van der Waals surface area (Å²) < 4.78 is 2.08. The maximum absolute atomic E-state index is 12.6. The number of amides is 3. The van der Waals surface area contributed by atoms with Crippen molar-refractivity contribution in [1.82, 2.24) is 19.4 Å². The highest BCUT2D eigenvalue weighted by Crippen LogP contribution is 2.30. The Labute approximate surface area is 152 Å². The van der Waals surface area contributed by atoms with E-state index < -0.39 is 6.04 Å². The Hall–Kier alpha value is -2.34. The number of nitrogens with zero attached hydrogens (tertiary/aromatic N) is 4. The van der Waals surface area contributed by atoms with Crippen LogP contribution in [0, 0.1) is 0 Å². The number of hydrogen-bond donors (Lipinski definition) is 0. The van der Waals surface area contributed by atoms with Gasteiger partial charge in [0.15, 0.2) is 0 Å².